The number of carbonyl (C=O) groups is 1. The first-order valence-electron chi connectivity index (χ1n) is 9.03. The third-order valence-corrected chi connectivity index (χ3v) is 4.35. The van der Waals surface area contributed by atoms with Crippen molar-refractivity contribution in [1.82, 2.24) is 15.3 Å². The maximum atomic E-state index is 12.3. The Hall–Kier alpha value is -2.57. The maximum absolute atomic E-state index is 12.3. The van der Waals surface area contributed by atoms with Gasteiger partial charge in [-0.05, 0) is 51.7 Å². The van der Waals surface area contributed by atoms with E-state index in [9.17, 15) is 9.59 Å². The number of hydrogen-bond acceptors (Lipinski definition) is 5. The number of nitrogens with one attached hydrogen (secondary N) is 2. The molecule has 1 aliphatic heterocycles. The second-order valence-electron chi connectivity index (χ2n) is 7.74. The van der Waals surface area contributed by atoms with Crippen molar-refractivity contribution >= 4 is 22.9 Å². The lowest BCUT2D eigenvalue weighted by atomic mass is 9.98. The van der Waals surface area contributed by atoms with E-state index in [2.05, 4.69) is 20.2 Å². The van der Waals surface area contributed by atoms with Gasteiger partial charge in [0, 0.05) is 19.6 Å². The Bertz CT molecular complexity index is 841. The molecule has 1 amide bonds. The standard InChI is InChI=1S/C19H26N4O3/c1-19(2,3)26-18(25)20-11-13-7-6-10-23(12-13)17-21-15-9-5-4-8-14(15)16(24)22-17/h4-5,8-9,13H,6-7,10-12H2,1-3H3,(H,20,25)(H,21,22,24). The molecule has 0 spiro atoms. The van der Waals surface area contributed by atoms with Crippen LogP contribution in [0.15, 0.2) is 29.1 Å². The van der Waals surface area contributed by atoms with Crippen molar-refractivity contribution in [3.05, 3.63) is 34.6 Å². The molecular formula is C19H26N4O3. The number of piperidine rings is 1. The molecule has 1 aliphatic rings. The van der Waals surface area contributed by atoms with Gasteiger partial charge in [0.25, 0.3) is 5.56 Å². The van der Waals surface area contributed by atoms with Gasteiger partial charge < -0.3 is 15.0 Å². The summed E-state index contributed by atoms with van der Waals surface area (Å²) in [7, 11) is 0. The highest BCUT2D eigenvalue weighted by Gasteiger charge is 2.23. The van der Waals surface area contributed by atoms with Gasteiger partial charge in [-0.1, -0.05) is 12.1 Å². The Kier molecular flexibility index (Phi) is 5.15. The van der Waals surface area contributed by atoms with Gasteiger partial charge in [-0.15, -0.1) is 0 Å². The number of carbonyl (C=O) groups excluding carboxylic acids is 1. The van der Waals surface area contributed by atoms with Crippen LogP contribution in [0.25, 0.3) is 10.9 Å². The minimum atomic E-state index is -0.503. The quantitative estimate of drug-likeness (QED) is 0.881. The molecule has 1 atom stereocenters. The van der Waals surface area contributed by atoms with Crippen LogP contribution in [-0.2, 0) is 4.74 Å². The number of para-hydroxylation sites is 1. The summed E-state index contributed by atoms with van der Waals surface area (Å²) in [6.07, 6.45) is 1.60. The minimum Gasteiger partial charge on any atom is -0.444 e. The second kappa shape index (κ2) is 7.35. The molecule has 26 heavy (non-hydrogen) atoms. The molecule has 1 saturated heterocycles. The van der Waals surface area contributed by atoms with Crippen molar-refractivity contribution in [1.29, 1.82) is 0 Å². The SMILES string of the molecule is CC(C)(C)OC(=O)NCC1CCCN(c2nc3ccccc3c(=O)[nH]2)C1. The smallest absolute Gasteiger partial charge is 0.407 e. The largest absolute Gasteiger partial charge is 0.444 e. The monoisotopic (exact) mass is 358 g/mol. The molecule has 1 aromatic carbocycles. The van der Waals surface area contributed by atoms with Crippen LogP contribution in [0.1, 0.15) is 33.6 Å². The number of fused-ring (bicyclic) bond motifs is 1. The van der Waals surface area contributed by atoms with Crippen molar-refractivity contribution in [2.24, 2.45) is 5.92 Å². The van der Waals surface area contributed by atoms with Gasteiger partial charge in [0.2, 0.25) is 5.95 Å². The van der Waals surface area contributed by atoms with Crippen LogP contribution in [0, 0.1) is 5.92 Å². The molecule has 1 aromatic heterocycles. The van der Waals surface area contributed by atoms with E-state index in [0.29, 0.717) is 23.4 Å². The molecule has 140 valence electrons. The minimum absolute atomic E-state index is 0.125. The van der Waals surface area contributed by atoms with E-state index in [-0.39, 0.29) is 11.5 Å². The third kappa shape index (κ3) is 4.53. The van der Waals surface area contributed by atoms with Crippen LogP contribution in [-0.4, -0.2) is 41.3 Å². The van der Waals surface area contributed by atoms with Crippen molar-refractivity contribution in [2.75, 3.05) is 24.5 Å². The number of alkyl carbamates (subject to hydrolysis) is 1. The highest BCUT2D eigenvalue weighted by molar-refractivity contribution is 5.78. The van der Waals surface area contributed by atoms with Crippen LogP contribution in [0.3, 0.4) is 0 Å². The van der Waals surface area contributed by atoms with Crippen molar-refractivity contribution in [3.8, 4) is 0 Å². The Labute approximate surface area is 152 Å². The van der Waals surface area contributed by atoms with Gasteiger partial charge in [0.15, 0.2) is 0 Å². The first kappa shape index (κ1) is 18.2. The zero-order chi connectivity index (χ0) is 18.7. The van der Waals surface area contributed by atoms with Crippen molar-refractivity contribution in [3.63, 3.8) is 0 Å². The maximum Gasteiger partial charge on any atom is 0.407 e. The average molecular weight is 358 g/mol. The molecule has 0 radical (unpaired) electrons. The van der Waals surface area contributed by atoms with E-state index in [0.717, 1.165) is 25.9 Å². The van der Waals surface area contributed by atoms with Crippen LogP contribution >= 0.6 is 0 Å². The highest BCUT2D eigenvalue weighted by Crippen LogP contribution is 2.20. The fourth-order valence-electron chi connectivity index (χ4n) is 3.19. The number of H-pyrrole nitrogens is 1. The molecule has 7 heteroatoms. The Morgan fingerprint density at radius 2 is 2.15 bits per heavy atom. The number of nitrogens with zero attached hydrogens (tertiary/aromatic N) is 2. The number of amides is 1. The van der Waals surface area contributed by atoms with Crippen LogP contribution in [0.5, 0.6) is 0 Å². The van der Waals surface area contributed by atoms with Crippen molar-refractivity contribution in [2.45, 2.75) is 39.2 Å². The molecule has 2 N–H and O–H groups in total. The molecule has 1 unspecified atom stereocenters. The van der Waals surface area contributed by atoms with Crippen LogP contribution in [0.2, 0.25) is 0 Å². The number of aromatic amines is 1. The molecule has 0 aliphatic carbocycles. The lowest BCUT2D eigenvalue weighted by molar-refractivity contribution is 0.0517. The zero-order valence-electron chi connectivity index (χ0n) is 15.5. The number of ether oxygens (including phenoxy) is 1. The zero-order valence-corrected chi connectivity index (χ0v) is 15.5. The summed E-state index contributed by atoms with van der Waals surface area (Å²) in [5.41, 5.74) is 0.0665. The summed E-state index contributed by atoms with van der Waals surface area (Å²) in [6.45, 7) is 7.65. The van der Waals surface area contributed by atoms with Crippen molar-refractivity contribution < 1.29 is 9.53 Å². The lowest BCUT2D eigenvalue weighted by Gasteiger charge is -2.33. The lowest BCUT2D eigenvalue weighted by Crippen LogP contribution is -2.43. The predicted molar refractivity (Wildman–Crippen MR) is 102 cm³/mol. The van der Waals surface area contributed by atoms with Gasteiger partial charge in [0.05, 0.1) is 10.9 Å². The number of benzene rings is 1. The Balaban J connectivity index is 1.65. The average Bonchev–Trinajstić information content (AvgIpc) is 2.59. The van der Waals surface area contributed by atoms with Gasteiger partial charge in [0.1, 0.15) is 5.60 Å². The van der Waals surface area contributed by atoms with E-state index in [1.165, 1.54) is 0 Å². The summed E-state index contributed by atoms with van der Waals surface area (Å²) >= 11 is 0. The highest BCUT2D eigenvalue weighted by atomic mass is 16.6. The van der Waals surface area contributed by atoms with Gasteiger partial charge in [-0.2, -0.15) is 0 Å². The molecular weight excluding hydrogens is 332 g/mol. The Morgan fingerprint density at radius 3 is 2.92 bits per heavy atom. The second-order valence-corrected chi connectivity index (χ2v) is 7.74. The summed E-state index contributed by atoms with van der Waals surface area (Å²) in [5.74, 6) is 0.878. The normalized spacial score (nSPS) is 18.0. The molecule has 0 saturated carbocycles. The predicted octanol–water partition coefficient (Wildman–Crippen LogP) is 2.66. The first-order valence-corrected chi connectivity index (χ1v) is 9.03. The Morgan fingerprint density at radius 1 is 1.38 bits per heavy atom. The summed E-state index contributed by atoms with van der Waals surface area (Å²) in [5, 5.41) is 3.44. The molecule has 2 heterocycles. The number of aromatic nitrogens is 2. The number of anilines is 1. The summed E-state index contributed by atoms with van der Waals surface area (Å²) in [6, 6.07) is 7.33. The molecule has 1 fully saturated rings. The first-order chi connectivity index (χ1) is 12.3. The molecule has 0 bridgehead atoms. The molecule has 3 rings (SSSR count). The van der Waals surface area contributed by atoms with E-state index >= 15 is 0 Å². The van der Waals surface area contributed by atoms with Gasteiger partial charge >= 0.3 is 6.09 Å². The molecule has 2 aromatic rings. The van der Waals surface area contributed by atoms with Crippen LogP contribution < -0.4 is 15.8 Å². The number of rotatable bonds is 3. The van der Waals surface area contributed by atoms with E-state index in [4.69, 9.17) is 4.74 Å². The topological polar surface area (TPSA) is 87.3 Å². The van der Waals surface area contributed by atoms with Crippen LogP contribution in [0.4, 0.5) is 10.7 Å². The number of hydrogen-bond donors (Lipinski definition) is 2. The van der Waals surface area contributed by atoms with E-state index < -0.39 is 11.7 Å². The fraction of sp³-hybridized carbons (Fsp3) is 0.526. The van der Waals surface area contributed by atoms with Gasteiger partial charge in [-0.25, -0.2) is 9.78 Å². The third-order valence-electron chi connectivity index (χ3n) is 4.35. The summed E-state index contributed by atoms with van der Waals surface area (Å²) < 4.78 is 5.28. The fourth-order valence-corrected chi connectivity index (χ4v) is 3.19. The van der Waals surface area contributed by atoms with E-state index in [1.807, 2.05) is 39.0 Å². The van der Waals surface area contributed by atoms with E-state index in [1.54, 1.807) is 6.07 Å². The molecule has 7 nitrogen and oxygen atoms in total. The van der Waals surface area contributed by atoms with Gasteiger partial charge in [-0.3, -0.25) is 9.78 Å². The summed E-state index contributed by atoms with van der Waals surface area (Å²) in [4.78, 5) is 33.7.